The van der Waals surface area contributed by atoms with Gasteiger partial charge in [-0.3, -0.25) is 4.40 Å². The lowest BCUT2D eigenvalue weighted by atomic mass is 10.2. The molecule has 0 saturated heterocycles. The highest BCUT2D eigenvalue weighted by Gasteiger charge is 2.26. The number of fused-ring (bicyclic) bond motifs is 1. The average molecular weight is 296 g/mol. The van der Waals surface area contributed by atoms with Gasteiger partial charge < -0.3 is 14.9 Å². The molecule has 2 aromatic rings. The summed E-state index contributed by atoms with van der Waals surface area (Å²) in [6, 6.07) is 0.192. The van der Waals surface area contributed by atoms with Gasteiger partial charge in [0.2, 0.25) is 0 Å². The molecule has 1 N–H and O–H groups in total. The van der Waals surface area contributed by atoms with Crippen LogP contribution in [0.25, 0.3) is 4.96 Å². The van der Waals surface area contributed by atoms with E-state index in [-0.39, 0.29) is 11.7 Å². The first kappa shape index (κ1) is 14.8. The van der Waals surface area contributed by atoms with Crippen LogP contribution in [0.4, 0.5) is 5.82 Å². The number of aromatic nitrogens is 2. The Labute approximate surface area is 122 Å². The van der Waals surface area contributed by atoms with Gasteiger partial charge in [0.1, 0.15) is 0 Å². The van der Waals surface area contributed by atoms with Crippen LogP contribution in [-0.4, -0.2) is 58.6 Å². The van der Waals surface area contributed by atoms with E-state index in [0.717, 1.165) is 13.1 Å². The molecule has 0 bridgehead atoms. The summed E-state index contributed by atoms with van der Waals surface area (Å²) < 4.78 is 1.65. The van der Waals surface area contributed by atoms with Crippen LogP contribution in [-0.2, 0) is 0 Å². The number of imidazole rings is 1. The van der Waals surface area contributed by atoms with Crippen molar-refractivity contribution in [2.75, 3.05) is 32.1 Å². The fourth-order valence-corrected chi connectivity index (χ4v) is 3.18. The SMILES string of the molecule is CCN(c1nc2sccn2c1C(=O)O)C(C)CN(C)C. The highest BCUT2D eigenvalue weighted by atomic mass is 32.1. The molecule has 0 spiro atoms. The van der Waals surface area contributed by atoms with Crippen molar-refractivity contribution in [2.24, 2.45) is 0 Å². The second-order valence-electron chi connectivity index (χ2n) is 5.04. The molecule has 0 aliphatic heterocycles. The van der Waals surface area contributed by atoms with Gasteiger partial charge in [0.05, 0.1) is 0 Å². The van der Waals surface area contributed by atoms with E-state index in [4.69, 9.17) is 0 Å². The second-order valence-corrected chi connectivity index (χ2v) is 5.92. The first-order valence-corrected chi connectivity index (χ1v) is 7.43. The van der Waals surface area contributed by atoms with Gasteiger partial charge in [0.25, 0.3) is 0 Å². The Kier molecular flexibility index (Phi) is 4.29. The smallest absolute Gasteiger partial charge is 0.356 e. The van der Waals surface area contributed by atoms with Crippen molar-refractivity contribution in [3.05, 3.63) is 17.3 Å². The van der Waals surface area contributed by atoms with E-state index >= 15 is 0 Å². The topological polar surface area (TPSA) is 61.1 Å². The minimum absolute atomic E-state index is 0.192. The number of carbonyl (C=O) groups is 1. The molecule has 0 aliphatic rings. The van der Waals surface area contributed by atoms with Gasteiger partial charge in [-0.25, -0.2) is 9.78 Å². The number of aromatic carboxylic acids is 1. The Morgan fingerprint density at radius 2 is 2.25 bits per heavy atom. The zero-order chi connectivity index (χ0) is 14.9. The monoisotopic (exact) mass is 296 g/mol. The normalized spacial score (nSPS) is 13.1. The molecular weight excluding hydrogens is 276 g/mol. The largest absolute Gasteiger partial charge is 0.476 e. The van der Waals surface area contributed by atoms with Crippen molar-refractivity contribution < 1.29 is 9.90 Å². The molecule has 0 amide bonds. The molecular formula is C13H20N4O2S. The number of rotatable bonds is 6. The minimum atomic E-state index is -0.943. The van der Waals surface area contributed by atoms with Crippen LogP contribution in [0.2, 0.25) is 0 Å². The van der Waals surface area contributed by atoms with Gasteiger partial charge >= 0.3 is 5.97 Å². The molecule has 0 radical (unpaired) electrons. The highest BCUT2D eigenvalue weighted by molar-refractivity contribution is 7.15. The van der Waals surface area contributed by atoms with Crippen molar-refractivity contribution in [3.63, 3.8) is 0 Å². The summed E-state index contributed by atoms with van der Waals surface area (Å²) in [6.45, 7) is 5.67. The molecule has 6 nitrogen and oxygen atoms in total. The van der Waals surface area contributed by atoms with Crippen LogP contribution in [0, 0.1) is 0 Å². The van der Waals surface area contributed by atoms with E-state index < -0.39 is 5.97 Å². The Balaban J connectivity index is 2.45. The maximum atomic E-state index is 11.6. The molecule has 0 saturated carbocycles. The highest BCUT2D eigenvalue weighted by Crippen LogP contribution is 2.26. The number of nitrogens with zero attached hydrogens (tertiary/aromatic N) is 4. The van der Waals surface area contributed by atoms with E-state index in [1.807, 2.05) is 31.3 Å². The fourth-order valence-electron chi connectivity index (χ4n) is 2.47. The molecule has 110 valence electrons. The fraction of sp³-hybridized carbons (Fsp3) is 0.538. The third kappa shape index (κ3) is 2.64. The maximum absolute atomic E-state index is 11.6. The number of carboxylic acids is 1. The summed E-state index contributed by atoms with van der Waals surface area (Å²) in [5.74, 6) is -0.386. The van der Waals surface area contributed by atoms with Crippen LogP contribution in [0.15, 0.2) is 11.6 Å². The van der Waals surface area contributed by atoms with Crippen molar-refractivity contribution in [1.82, 2.24) is 14.3 Å². The summed E-state index contributed by atoms with van der Waals surface area (Å²) in [7, 11) is 4.02. The third-order valence-electron chi connectivity index (χ3n) is 3.22. The predicted octanol–water partition coefficient (Wildman–Crippen LogP) is 1.87. The number of carboxylic acid groups (broad SMARTS) is 1. The van der Waals surface area contributed by atoms with Crippen LogP contribution in [0.1, 0.15) is 24.3 Å². The van der Waals surface area contributed by atoms with Crippen molar-refractivity contribution >= 4 is 28.1 Å². The van der Waals surface area contributed by atoms with Crippen LogP contribution in [0.5, 0.6) is 0 Å². The lowest BCUT2D eigenvalue weighted by Gasteiger charge is -2.30. The first-order chi connectivity index (χ1) is 9.45. The Morgan fingerprint density at radius 1 is 1.55 bits per heavy atom. The summed E-state index contributed by atoms with van der Waals surface area (Å²) in [4.78, 5) is 20.9. The maximum Gasteiger partial charge on any atom is 0.356 e. The van der Waals surface area contributed by atoms with E-state index in [1.165, 1.54) is 11.3 Å². The van der Waals surface area contributed by atoms with Crippen LogP contribution >= 0.6 is 11.3 Å². The molecule has 1 unspecified atom stereocenters. The van der Waals surface area contributed by atoms with E-state index in [1.54, 1.807) is 10.6 Å². The van der Waals surface area contributed by atoms with Crippen molar-refractivity contribution in [1.29, 1.82) is 0 Å². The van der Waals surface area contributed by atoms with Crippen molar-refractivity contribution in [2.45, 2.75) is 19.9 Å². The van der Waals surface area contributed by atoms with Crippen LogP contribution in [0.3, 0.4) is 0 Å². The Hall–Kier alpha value is -1.60. The molecule has 2 aromatic heterocycles. The van der Waals surface area contributed by atoms with E-state index in [2.05, 4.69) is 16.8 Å². The van der Waals surface area contributed by atoms with Crippen LogP contribution < -0.4 is 4.90 Å². The molecule has 2 rings (SSSR count). The molecule has 0 fully saturated rings. The molecule has 0 aliphatic carbocycles. The number of likely N-dealkylation sites (N-methyl/N-ethyl adjacent to an activating group) is 2. The van der Waals surface area contributed by atoms with Gasteiger partial charge in [-0.15, -0.1) is 11.3 Å². The Bertz CT molecular complexity index is 605. The summed E-state index contributed by atoms with van der Waals surface area (Å²) >= 11 is 1.44. The van der Waals surface area contributed by atoms with Gasteiger partial charge in [0, 0.05) is 30.7 Å². The lowest BCUT2D eigenvalue weighted by molar-refractivity contribution is 0.0690. The van der Waals surface area contributed by atoms with Gasteiger partial charge in [-0.05, 0) is 27.9 Å². The Morgan fingerprint density at radius 3 is 2.80 bits per heavy atom. The average Bonchev–Trinajstić information content (AvgIpc) is 2.87. The van der Waals surface area contributed by atoms with Gasteiger partial charge in [-0.2, -0.15) is 0 Å². The van der Waals surface area contributed by atoms with Gasteiger partial charge in [-0.1, -0.05) is 0 Å². The summed E-state index contributed by atoms with van der Waals surface area (Å²) in [5, 5.41) is 11.3. The van der Waals surface area contributed by atoms with Gasteiger partial charge in [0.15, 0.2) is 16.5 Å². The molecule has 2 heterocycles. The molecule has 20 heavy (non-hydrogen) atoms. The zero-order valence-electron chi connectivity index (χ0n) is 12.2. The predicted molar refractivity (Wildman–Crippen MR) is 81.1 cm³/mol. The zero-order valence-corrected chi connectivity index (χ0v) is 13.0. The molecule has 1 atom stereocenters. The summed E-state index contributed by atoms with van der Waals surface area (Å²) in [6.07, 6.45) is 1.75. The number of thiazole rings is 1. The number of anilines is 1. The molecule has 0 aromatic carbocycles. The standard InChI is InChI=1S/C13H20N4O2S/c1-5-16(9(2)8-15(3)4)11-10(12(18)19)17-6-7-20-13(17)14-11/h6-7,9H,5,8H2,1-4H3,(H,18,19). The number of hydrogen-bond donors (Lipinski definition) is 1. The second kappa shape index (κ2) is 5.80. The third-order valence-corrected chi connectivity index (χ3v) is 3.98. The minimum Gasteiger partial charge on any atom is -0.476 e. The summed E-state index contributed by atoms with van der Waals surface area (Å²) in [5.41, 5.74) is 0.244. The van der Waals surface area contributed by atoms with E-state index in [9.17, 15) is 9.90 Å². The molecule has 7 heteroatoms. The first-order valence-electron chi connectivity index (χ1n) is 6.55. The van der Waals surface area contributed by atoms with Crippen molar-refractivity contribution in [3.8, 4) is 0 Å². The van der Waals surface area contributed by atoms with E-state index in [0.29, 0.717) is 10.8 Å². The quantitative estimate of drug-likeness (QED) is 0.882. The number of hydrogen-bond acceptors (Lipinski definition) is 5. The lowest BCUT2D eigenvalue weighted by Crippen LogP contribution is -2.41.